The van der Waals surface area contributed by atoms with Gasteiger partial charge in [-0.2, -0.15) is 0 Å². The summed E-state index contributed by atoms with van der Waals surface area (Å²) in [5.41, 5.74) is 12.9. The molecule has 4 aromatic heterocycles. The summed E-state index contributed by atoms with van der Waals surface area (Å²) >= 11 is 0. The Bertz CT molecular complexity index is 2420. The van der Waals surface area contributed by atoms with Gasteiger partial charge in [0.05, 0.1) is 16.7 Å². The number of aromatic amines is 1. The zero-order valence-electron chi connectivity index (χ0n) is 25.3. The van der Waals surface area contributed by atoms with Gasteiger partial charge in [0, 0.05) is 70.7 Å². The van der Waals surface area contributed by atoms with Crippen LogP contribution in [-0.2, 0) is 0 Å². The van der Waals surface area contributed by atoms with Crippen molar-refractivity contribution in [1.82, 2.24) is 19.5 Å². The molecular formula is C41H31N5. The molecule has 1 aliphatic heterocycles. The van der Waals surface area contributed by atoms with Gasteiger partial charge >= 0.3 is 0 Å². The number of nitrogens with zero attached hydrogens (tertiary/aromatic N) is 4. The van der Waals surface area contributed by atoms with E-state index in [-0.39, 0.29) is 0 Å². The molecule has 0 radical (unpaired) electrons. The summed E-state index contributed by atoms with van der Waals surface area (Å²) in [6.07, 6.45) is 21.7. The van der Waals surface area contributed by atoms with Gasteiger partial charge in [-0.3, -0.25) is 15.0 Å². The number of aliphatic imine (C=N–C) groups is 1. The van der Waals surface area contributed by atoms with Crippen LogP contribution in [0.2, 0.25) is 0 Å². The zero-order chi connectivity index (χ0) is 30.5. The number of H-pyrrole nitrogens is 1. The lowest BCUT2D eigenvalue weighted by molar-refractivity contribution is 1.01. The number of pyridine rings is 2. The van der Waals surface area contributed by atoms with Crippen LogP contribution < -0.4 is 0 Å². The summed E-state index contributed by atoms with van der Waals surface area (Å²) < 4.78 is 2.48. The Labute approximate surface area is 267 Å². The molecule has 0 bridgehead atoms. The molecule has 0 spiro atoms. The van der Waals surface area contributed by atoms with E-state index in [1.165, 1.54) is 66.2 Å². The average molecular weight is 594 g/mol. The van der Waals surface area contributed by atoms with E-state index in [2.05, 4.69) is 122 Å². The van der Waals surface area contributed by atoms with E-state index < -0.39 is 0 Å². The summed E-state index contributed by atoms with van der Waals surface area (Å²) in [6, 6.07) is 28.9. The first-order valence-electron chi connectivity index (χ1n) is 15.9. The second kappa shape index (κ2) is 11.0. The van der Waals surface area contributed by atoms with Crippen LogP contribution in [0.5, 0.6) is 0 Å². The molecular weight excluding hydrogens is 562 g/mol. The zero-order valence-corrected chi connectivity index (χ0v) is 25.3. The van der Waals surface area contributed by atoms with Gasteiger partial charge in [0.2, 0.25) is 0 Å². The highest BCUT2D eigenvalue weighted by Gasteiger charge is 2.18. The molecule has 0 atom stereocenters. The summed E-state index contributed by atoms with van der Waals surface area (Å²) in [4.78, 5) is 16.7. The third kappa shape index (κ3) is 4.51. The van der Waals surface area contributed by atoms with E-state index in [9.17, 15) is 0 Å². The molecule has 0 unspecified atom stereocenters. The standard InChI is InChI=1S/C41H31N5/c1-2-4-34(5-3-1)46-40-25-30(33-24-39(45-26-33)28-14-19-43-20-15-28)7-10-36(40)37-11-8-32-22-29(6-9-35(32)41(37)46)31-16-21-44-38(23-31)27-12-17-42-18-13-27/h2,4-14,16-19,21-26,45H,1,3,15,20H2. The molecule has 1 N–H and O–H groups in total. The van der Waals surface area contributed by atoms with Gasteiger partial charge in [-0.1, -0.05) is 48.6 Å². The number of nitrogens with one attached hydrogen (secondary N) is 1. The van der Waals surface area contributed by atoms with Gasteiger partial charge in [0.15, 0.2) is 0 Å². The maximum absolute atomic E-state index is 4.63. The predicted octanol–water partition coefficient (Wildman–Crippen LogP) is 10.1. The molecule has 0 saturated carbocycles. The van der Waals surface area contributed by atoms with Crippen LogP contribution in [-0.4, -0.2) is 32.3 Å². The van der Waals surface area contributed by atoms with Gasteiger partial charge in [0.1, 0.15) is 0 Å². The molecule has 0 amide bonds. The minimum Gasteiger partial charge on any atom is -0.361 e. The number of benzene rings is 3. The Kier molecular flexibility index (Phi) is 6.34. The number of rotatable bonds is 5. The minimum atomic E-state index is 0.847. The van der Waals surface area contributed by atoms with Crippen LogP contribution in [0.3, 0.4) is 0 Å². The molecule has 220 valence electrons. The lowest BCUT2D eigenvalue weighted by atomic mass is 9.98. The van der Waals surface area contributed by atoms with Crippen LogP contribution in [0.15, 0.2) is 133 Å². The first kappa shape index (κ1) is 26.6. The number of dihydropyridines is 1. The van der Waals surface area contributed by atoms with Crippen LogP contribution in [0.4, 0.5) is 0 Å². The van der Waals surface area contributed by atoms with E-state index >= 15 is 0 Å². The molecule has 5 nitrogen and oxygen atoms in total. The number of aromatic nitrogens is 4. The Hall–Kier alpha value is -5.81. The lowest BCUT2D eigenvalue weighted by Crippen LogP contribution is -1.98. The highest BCUT2D eigenvalue weighted by Crippen LogP contribution is 2.40. The van der Waals surface area contributed by atoms with Crippen molar-refractivity contribution in [2.45, 2.75) is 19.3 Å². The average Bonchev–Trinajstić information content (AvgIpc) is 3.76. The topological polar surface area (TPSA) is 58.9 Å². The molecule has 9 rings (SSSR count). The van der Waals surface area contributed by atoms with Crippen molar-refractivity contribution < 1.29 is 0 Å². The first-order valence-corrected chi connectivity index (χ1v) is 15.9. The third-order valence-electron chi connectivity index (χ3n) is 9.30. The molecule has 2 aliphatic rings. The second-order valence-electron chi connectivity index (χ2n) is 12.0. The van der Waals surface area contributed by atoms with E-state index in [0.29, 0.717) is 0 Å². The van der Waals surface area contributed by atoms with Gasteiger partial charge < -0.3 is 9.55 Å². The van der Waals surface area contributed by atoms with Crippen molar-refractivity contribution in [3.05, 3.63) is 134 Å². The maximum Gasteiger partial charge on any atom is 0.0709 e. The van der Waals surface area contributed by atoms with Crippen LogP contribution in [0.1, 0.15) is 25.0 Å². The second-order valence-corrected chi connectivity index (χ2v) is 12.0. The monoisotopic (exact) mass is 593 g/mol. The van der Waals surface area contributed by atoms with Gasteiger partial charge in [-0.15, -0.1) is 0 Å². The number of allylic oxidation sites excluding steroid dienone is 5. The smallest absolute Gasteiger partial charge is 0.0709 e. The van der Waals surface area contributed by atoms with E-state index in [1.807, 2.05) is 36.9 Å². The maximum atomic E-state index is 4.63. The first-order chi connectivity index (χ1) is 22.8. The Balaban J connectivity index is 1.20. The molecule has 0 fully saturated rings. The fraction of sp³-hybridized carbons (Fsp3) is 0.0976. The quantitative estimate of drug-likeness (QED) is 0.216. The SMILES string of the molecule is C1=CC(n2c3cc(-c4c[nH]c(C5=CC=NCC5)c4)ccc3c3ccc4cc(-c5ccnc(-c6ccncc6)c5)ccc4c32)=CCC1. The molecule has 5 heterocycles. The molecule has 3 aromatic carbocycles. The van der Waals surface area contributed by atoms with Gasteiger partial charge in [-0.05, 0) is 107 Å². The summed E-state index contributed by atoms with van der Waals surface area (Å²) in [7, 11) is 0. The Morgan fingerprint density at radius 1 is 0.696 bits per heavy atom. The summed E-state index contributed by atoms with van der Waals surface area (Å²) in [6.45, 7) is 0.847. The van der Waals surface area contributed by atoms with E-state index in [0.717, 1.165) is 42.6 Å². The van der Waals surface area contributed by atoms with Crippen LogP contribution in [0, 0.1) is 0 Å². The largest absolute Gasteiger partial charge is 0.361 e. The summed E-state index contributed by atoms with van der Waals surface area (Å²) in [5, 5.41) is 5.00. The van der Waals surface area contributed by atoms with E-state index in [1.54, 1.807) is 0 Å². The molecule has 1 aliphatic carbocycles. The van der Waals surface area contributed by atoms with Gasteiger partial charge in [-0.25, -0.2) is 0 Å². The molecule has 5 heteroatoms. The van der Waals surface area contributed by atoms with Gasteiger partial charge in [0.25, 0.3) is 0 Å². The van der Waals surface area contributed by atoms with Crippen molar-refractivity contribution in [3.63, 3.8) is 0 Å². The van der Waals surface area contributed by atoms with Crippen LogP contribution in [0.25, 0.3) is 77.4 Å². The fourth-order valence-corrected chi connectivity index (χ4v) is 6.98. The normalized spacial score (nSPS) is 14.7. The molecule has 7 aromatic rings. The Morgan fingerprint density at radius 3 is 2.37 bits per heavy atom. The lowest BCUT2D eigenvalue weighted by Gasteiger charge is -2.14. The number of fused-ring (bicyclic) bond motifs is 5. The number of hydrogen-bond acceptors (Lipinski definition) is 3. The van der Waals surface area contributed by atoms with Crippen molar-refractivity contribution in [3.8, 4) is 33.5 Å². The molecule has 46 heavy (non-hydrogen) atoms. The Morgan fingerprint density at radius 2 is 1.52 bits per heavy atom. The van der Waals surface area contributed by atoms with Crippen molar-refractivity contribution >= 4 is 50.1 Å². The fourth-order valence-electron chi connectivity index (χ4n) is 6.98. The van der Waals surface area contributed by atoms with Crippen molar-refractivity contribution in [2.24, 2.45) is 4.99 Å². The number of hydrogen-bond donors (Lipinski definition) is 1. The highest BCUT2D eigenvalue weighted by atomic mass is 15.0. The third-order valence-corrected chi connectivity index (χ3v) is 9.30. The van der Waals surface area contributed by atoms with Crippen molar-refractivity contribution in [2.75, 3.05) is 6.54 Å². The van der Waals surface area contributed by atoms with Crippen LogP contribution >= 0.6 is 0 Å². The van der Waals surface area contributed by atoms with E-state index in [4.69, 9.17) is 0 Å². The highest BCUT2D eigenvalue weighted by molar-refractivity contribution is 6.20. The van der Waals surface area contributed by atoms with Crippen molar-refractivity contribution in [1.29, 1.82) is 0 Å². The molecule has 0 saturated heterocycles. The minimum absolute atomic E-state index is 0.847. The summed E-state index contributed by atoms with van der Waals surface area (Å²) in [5.74, 6) is 0. The predicted molar refractivity (Wildman–Crippen MR) is 192 cm³/mol.